The maximum atomic E-state index is 12.1. The Morgan fingerprint density at radius 3 is 2.50 bits per heavy atom. The van der Waals surface area contributed by atoms with E-state index in [0.29, 0.717) is 37.1 Å². The van der Waals surface area contributed by atoms with Gasteiger partial charge < -0.3 is 20.3 Å². The van der Waals surface area contributed by atoms with Crippen molar-refractivity contribution in [3.63, 3.8) is 0 Å². The lowest BCUT2D eigenvalue weighted by atomic mass is 10.4. The highest BCUT2D eigenvalue weighted by Crippen LogP contribution is 2.26. The van der Waals surface area contributed by atoms with Crippen LogP contribution < -0.4 is 15.4 Å². The predicted molar refractivity (Wildman–Crippen MR) is 78.8 cm³/mol. The van der Waals surface area contributed by atoms with Gasteiger partial charge in [0.1, 0.15) is 12.0 Å². The van der Waals surface area contributed by atoms with E-state index in [1.165, 1.54) is 6.33 Å². The molecule has 20 heavy (non-hydrogen) atoms. The maximum absolute atomic E-state index is 12.1. The van der Waals surface area contributed by atoms with Gasteiger partial charge in [-0.1, -0.05) is 0 Å². The van der Waals surface area contributed by atoms with Crippen LogP contribution in [0, 0.1) is 0 Å². The Morgan fingerprint density at radius 2 is 1.95 bits per heavy atom. The normalized spacial score (nSPS) is 10.2. The minimum Gasteiger partial charge on any atom is -0.476 e. The maximum Gasteiger partial charge on any atom is 0.242 e. The van der Waals surface area contributed by atoms with E-state index in [0.717, 1.165) is 0 Å². The summed E-state index contributed by atoms with van der Waals surface area (Å²) in [6.45, 7) is 7.83. The second kappa shape index (κ2) is 7.52. The quantitative estimate of drug-likeness (QED) is 0.794. The Labute approximate surface area is 119 Å². The fourth-order valence-corrected chi connectivity index (χ4v) is 1.88. The summed E-state index contributed by atoms with van der Waals surface area (Å²) in [5, 5.41) is 0. The van der Waals surface area contributed by atoms with Crippen LogP contribution in [0.5, 0.6) is 5.88 Å². The number of likely N-dealkylation sites (N-methyl/N-ethyl adjacent to an activating group) is 2. The van der Waals surface area contributed by atoms with Crippen LogP contribution >= 0.6 is 0 Å². The molecule has 0 fully saturated rings. The summed E-state index contributed by atoms with van der Waals surface area (Å²) in [6, 6.07) is 0. The third kappa shape index (κ3) is 3.72. The van der Waals surface area contributed by atoms with Crippen molar-refractivity contribution in [3.05, 3.63) is 6.33 Å². The van der Waals surface area contributed by atoms with E-state index >= 15 is 0 Å². The van der Waals surface area contributed by atoms with Crippen LogP contribution in [0.3, 0.4) is 0 Å². The number of rotatable bonds is 7. The molecule has 0 radical (unpaired) electrons. The summed E-state index contributed by atoms with van der Waals surface area (Å²) >= 11 is 0. The lowest BCUT2D eigenvalue weighted by molar-refractivity contribution is -0.129. The van der Waals surface area contributed by atoms with E-state index < -0.39 is 0 Å². The highest BCUT2D eigenvalue weighted by molar-refractivity contribution is 5.82. The molecule has 0 saturated heterocycles. The van der Waals surface area contributed by atoms with Gasteiger partial charge in [0.15, 0.2) is 5.82 Å². The lowest BCUT2D eigenvalue weighted by Gasteiger charge is -2.24. The van der Waals surface area contributed by atoms with Crippen LogP contribution in [0.4, 0.5) is 11.5 Å². The molecular weight excluding hydrogens is 258 g/mol. The fraction of sp³-hybridized carbons (Fsp3) is 0.615. The molecule has 1 heterocycles. The van der Waals surface area contributed by atoms with Crippen molar-refractivity contribution < 1.29 is 9.53 Å². The number of hydrogen-bond donors (Lipinski definition) is 1. The molecule has 1 aromatic heterocycles. The van der Waals surface area contributed by atoms with Crippen molar-refractivity contribution in [3.8, 4) is 5.88 Å². The molecule has 0 saturated carbocycles. The minimum absolute atomic E-state index is 0.0356. The van der Waals surface area contributed by atoms with Crippen molar-refractivity contribution >= 4 is 17.4 Å². The van der Waals surface area contributed by atoms with Crippen LogP contribution in [0.15, 0.2) is 6.33 Å². The fourth-order valence-electron chi connectivity index (χ4n) is 1.88. The minimum atomic E-state index is 0.0356. The van der Waals surface area contributed by atoms with E-state index in [1.807, 2.05) is 20.8 Å². The van der Waals surface area contributed by atoms with Gasteiger partial charge in [0.25, 0.3) is 0 Å². The van der Waals surface area contributed by atoms with Crippen LogP contribution in [0.1, 0.15) is 20.8 Å². The number of nitrogens with two attached hydrogens (primary N) is 1. The molecule has 0 aliphatic rings. The molecule has 0 unspecified atom stereocenters. The van der Waals surface area contributed by atoms with Gasteiger partial charge in [0, 0.05) is 20.1 Å². The molecule has 0 spiro atoms. The summed E-state index contributed by atoms with van der Waals surface area (Å²) < 4.78 is 5.32. The number of aromatic nitrogens is 2. The van der Waals surface area contributed by atoms with Gasteiger partial charge in [0.2, 0.25) is 11.8 Å². The molecule has 0 bridgehead atoms. The van der Waals surface area contributed by atoms with Crippen LogP contribution in [-0.2, 0) is 4.79 Å². The van der Waals surface area contributed by atoms with Crippen molar-refractivity contribution in [1.29, 1.82) is 0 Å². The zero-order valence-electron chi connectivity index (χ0n) is 12.6. The zero-order valence-corrected chi connectivity index (χ0v) is 12.6. The van der Waals surface area contributed by atoms with Gasteiger partial charge >= 0.3 is 0 Å². The van der Waals surface area contributed by atoms with Crippen molar-refractivity contribution in [2.75, 3.05) is 43.9 Å². The lowest BCUT2D eigenvalue weighted by Crippen LogP contribution is -2.39. The highest BCUT2D eigenvalue weighted by Gasteiger charge is 2.17. The molecule has 1 amide bonds. The molecule has 0 aromatic carbocycles. The van der Waals surface area contributed by atoms with Gasteiger partial charge in [-0.15, -0.1) is 0 Å². The third-order valence-corrected chi connectivity index (χ3v) is 2.96. The summed E-state index contributed by atoms with van der Waals surface area (Å²) in [7, 11) is 1.77. The standard InChI is InChI=1S/C13H23N5O2/c1-5-18(6-2)10(19)8-17(4)12-11(14)13(20-7-3)16-9-15-12/h9H,5-8,14H2,1-4H3. The Hall–Kier alpha value is -2.05. The van der Waals surface area contributed by atoms with E-state index in [4.69, 9.17) is 10.5 Å². The monoisotopic (exact) mass is 281 g/mol. The number of carbonyl (C=O) groups excluding carboxylic acids is 1. The topological polar surface area (TPSA) is 84.6 Å². The van der Waals surface area contributed by atoms with E-state index in [2.05, 4.69) is 9.97 Å². The Morgan fingerprint density at radius 1 is 1.30 bits per heavy atom. The van der Waals surface area contributed by atoms with Crippen molar-refractivity contribution in [2.45, 2.75) is 20.8 Å². The number of nitrogen functional groups attached to an aromatic ring is 1. The molecule has 7 nitrogen and oxygen atoms in total. The SMILES string of the molecule is CCOc1ncnc(N(C)CC(=O)N(CC)CC)c1N. The average molecular weight is 281 g/mol. The van der Waals surface area contributed by atoms with Crippen molar-refractivity contribution in [1.82, 2.24) is 14.9 Å². The van der Waals surface area contributed by atoms with Gasteiger partial charge in [-0.3, -0.25) is 4.79 Å². The zero-order chi connectivity index (χ0) is 15.1. The number of carbonyl (C=O) groups is 1. The van der Waals surface area contributed by atoms with Crippen LogP contribution in [0.2, 0.25) is 0 Å². The van der Waals surface area contributed by atoms with Gasteiger partial charge in [-0.25, -0.2) is 4.98 Å². The first-order valence-electron chi connectivity index (χ1n) is 6.77. The molecule has 0 aliphatic carbocycles. The second-order valence-corrected chi connectivity index (χ2v) is 4.27. The Bertz CT molecular complexity index is 448. The summed E-state index contributed by atoms with van der Waals surface area (Å²) in [4.78, 5) is 23.7. The summed E-state index contributed by atoms with van der Waals surface area (Å²) in [5.74, 6) is 0.886. The highest BCUT2D eigenvalue weighted by atomic mass is 16.5. The number of hydrogen-bond acceptors (Lipinski definition) is 6. The van der Waals surface area contributed by atoms with E-state index in [-0.39, 0.29) is 12.5 Å². The predicted octanol–water partition coefficient (Wildman–Crippen LogP) is 0.762. The first-order valence-corrected chi connectivity index (χ1v) is 6.77. The van der Waals surface area contributed by atoms with Gasteiger partial charge in [0.05, 0.1) is 13.2 Å². The average Bonchev–Trinajstić information content (AvgIpc) is 2.42. The smallest absolute Gasteiger partial charge is 0.242 e. The largest absolute Gasteiger partial charge is 0.476 e. The van der Waals surface area contributed by atoms with Crippen LogP contribution in [0.25, 0.3) is 0 Å². The second-order valence-electron chi connectivity index (χ2n) is 4.27. The Kier molecular flexibility index (Phi) is 6.02. The van der Waals surface area contributed by atoms with E-state index in [1.54, 1.807) is 16.8 Å². The van der Waals surface area contributed by atoms with Gasteiger partial charge in [-0.2, -0.15) is 4.98 Å². The molecule has 112 valence electrons. The first-order chi connectivity index (χ1) is 9.54. The molecule has 0 aliphatic heterocycles. The number of anilines is 2. The number of amides is 1. The number of nitrogens with zero attached hydrogens (tertiary/aromatic N) is 4. The first kappa shape index (κ1) is 16.0. The molecule has 2 N–H and O–H groups in total. The van der Waals surface area contributed by atoms with Crippen LogP contribution in [-0.4, -0.2) is 54.1 Å². The summed E-state index contributed by atoms with van der Waals surface area (Å²) in [6.07, 6.45) is 1.38. The Balaban J connectivity index is 2.84. The molecule has 0 atom stereocenters. The third-order valence-electron chi connectivity index (χ3n) is 2.96. The summed E-state index contributed by atoms with van der Waals surface area (Å²) in [5.41, 5.74) is 6.32. The molecule has 1 aromatic rings. The molecule has 7 heteroatoms. The van der Waals surface area contributed by atoms with E-state index in [9.17, 15) is 4.79 Å². The van der Waals surface area contributed by atoms with Gasteiger partial charge in [-0.05, 0) is 20.8 Å². The van der Waals surface area contributed by atoms with Crippen molar-refractivity contribution in [2.24, 2.45) is 0 Å². The number of ether oxygens (including phenoxy) is 1. The molecule has 1 rings (SSSR count). The molecular formula is C13H23N5O2.